The molecule has 0 amide bonds. The number of aromatic nitrogens is 7. The van der Waals surface area contributed by atoms with Crippen LogP contribution in [0.3, 0.4) is 0 Å². The lowest BCUT2D eigenvalue weighted by atomic mass is 10.0. The summed E-state index contributed by atoms with van der Waals surface area (Å²) in [4.78, 5) is 21.8. The van der Waals surface area contributed by atoms with Crippen LogP contribution in [0.15, 0.2) is 78.0 Å². The lowest BCUT2D eigenvalue weighted by molar-refractivity contribution is 0.511. The Morgan fingerprint density at radius 2 is 1.93 bits per heavy atom. The summed E-state index contributed by atoms with van der Waals surface area (Å²) in [7, 11) is 0. The number of aromatic amines is 1. The number of rotatable bonds is 4. The monoisotopic (exact) mass is 582 g/mol. The van der Waals surface area contributed by atoms with Crippen LogP contribution in [-0.4, -0.2) is 39.8 Å². The van der Waals surface area contributed by atoms with Gasteiger partial charge in [0.05, 0.1) is 11.7 Å². The number of anilines is 1. The van der Waals surface area contributed by atoms with Gasteiger partial charge in [0.1, 0.15) is 28.8 Å². The largest absolute Gasteiger partial charge is 0.507 e. The third-order valence-electron chi connectivity index (χ3n) is 8.00. The van der Waals surface area contributed by atoms with E-state index in [2.05, 4.69) is 38.5 Å². The molecule has 8 rings (SSSR count). The normalized spacial score (nSPS) is 20.2. The number of nitrogens with one attached hydrogen (secondary N) is 2. The highest BCUT2D eigenvalue weighted by atomic mass is 35.5. The maximum atomic E-state index is 13.7. The number of H-pyrrole nitrogens is 1. The molecule has 3 aliphatic rings. The first kappa shape index (κ1) is 24.2. The van der Waals surface area contributed by atoms with E-state index in [-0.39, 0.29) is 29.2 Å². The molecule has 2 aromatic carbocycles. The number of aliphatic hydroxyl groups is 1. The van der Waals surface area contributed by atoms with Crippen LogP contribution in [0.5, 0.6) is 0 Å². The summed E-state index contributed by atoms with van der Waals surface area (Å²) in [6.45, 7) is 3.86. The van der Waals surface area contributed by atoms with E-state index in [1.807, 2.05) is 34.9 Å². The summed E-state index contributed by atoms with van der Waals surface area (Å²) in [6.07, 6.45) is 4.03. The highest BCUT2D eigenvalue weighted by molar-refractivity contribution is 6.32. The second kappa shape index (κ2) is 8.66. The fraction of sp³-hybridized carbons (Fsp3) is 0.138. The van der Waals surface area contributed by atoms with Crippen LogP contribution in [0.25, 0.3) is 33.8 Å². The standard InChI is InChI=1S/C29H20Cl2N8O2/c1-13-6-24(40)20-7-14(2-4-21(20)33-13)26-28(31)35-29(34-26)27-19-11-18(19)23-8-15(9-25(41)39(23)27)17-10-16(30)3-5-22(17)38-12-32-36-37-38/h2-10,12,18-19,27,33,40H,1,11H2,(H,34,35). The molecule has 5 aromatic rings. The van der Waals surface area contributed by atoms with Crippen molar-refractivity contribution in [3.63, 3.8) is 0 Å². The van der Waals surface area contributed by atoms with Gasteiger partial charge in [-0.1, -0.05) is 35.8 Å². The molecule has 3 unspecified atom stereocenters. The quantitative estimate of drug-likeness (QED) is 0.247. The highest BCUT2D eigenvalue weighted by Crippen LogP contribution is 2.60. The molecule has 2 aliphatic heterocycles. The fourth-order valence-corrected chi connectivity index (χ4v) is 6.56. The summed E-state index contributed by atoms with van der Waals surface area (Å²) in [5.74, 6) is 1.22. The summed E-state index contributed by atoms with van der Waals surface area (Å²) in [5, 5.41) is 26.0. The Morgan fingerprint density at radius 1 is 1.05 bits per heavy atom. The van der Waals surface area contributed by atoms with Gasteiger partial charge in [-0.15, -0.1) is 5.10 Å². The van der Waals surface area contributed by atoms with Gasteiger partial charge < -0.3 is 20.0 Å². The average Bonchev–Trinajstić information content (AvgIpc) is 3.24. The van der Waals surface area contributed by atoms with E-state index in [0.29, 0.717) is 33.0 Å². The van der Waals surface area contributed by atoms with Crippen molar-refractivity contribution in [2.24, 2.45) is 5.92 Å². The lowest BCUT2D eigenvalue weighted by Crippen LogP contribution is -2.26. The number of benzene rings is 2. The summed E-state index contributed by atoms with van der Waals surface area (Å²) < 4.78 is 3.37. The maximum absolute atomic E-state index is 13.7. The molecular formula is C29H20Cl2N8O2. The molecule has 10 nitrogen and oxygen atoms in total. The van der Waals surface area contributed by atoms with E-state index in [1.165, 1.54) is 6.33 Å². The number of nitrogens with zero attached hydrogens (tertiary/aromatic N) is 6. The molecule has 3 atom stereocenters. The number of allylic oxidation sites excluding steroid dienone is 1. The van der Waals surface area contributed by atoms with Crippen molar-refractivity contribution in [2.75, 3.05) is 5.32 Å². The molecule has 5 heterocycles. The third kappa shape index (κ3) is 3.75. The van der Waals surface area contributed by atoms with E-state index >= 15 is 0 Å². The Kier molecular flexibility index (Phi) is 5.10. The first-order valence-corrected chi connectivity index (χ1v) is 13.7. The van der Waals surface area contributed by atoms with Crippen molar-refractivity contribution >= 4 is 34.6 Å². The van der Waals surface area contributed by atoms with Crippen LogP contribution in [0.1, 0.15) is 35.5 Å². The highest BCUT2D eigenvalue weighted by Gasteiger charge is 2.54. The SMILES string of the molecule is C=C1C=C(O)c2cc(-c3nc(C4C5CC5c5cc(-c6cc(Cl)ccc6-n6cnnn6)cc(=O)n54)[nH]c3Cl)ccc2N1. The minimum atomic E-state index is -0.267. The fourth-order valence-electron chi connectivity index (χ4n) is 6.14. The zero-order valence-electron chi connectivity index (χ0n) is 21.2. The van der Waals surface area contributed by atoms with E-state index in [9.17, 15) is 9.90 Å². The van der Waals surface area contributed by atoms with Gasteiger partial charge in [0.25, 0.3) is 5.56 Å². The second-order valence-electron chi connectivity index (χ2n) is 10.5. The first-order valence-electron chi connectivity index (χ1n) is 12.9. The van der Waals surface area contributed by atoms with Gasteiger partial charge in [-0.05, 0) is 64.7 Å². The van der Waals surface area contributed by atoms with Crippen LogP contribution < -0.4 is 10.9 Å². The molecule has 0 bridgehead atoms. The number of tetrazole rings is 1. The third-order valence-corrected chi connectivity index (χ3v) is 8.51. The minimum Gasteiger partial charge on any atom is -0.507 e. The molecule has 0 saturated heterocycles. The second-order valence-corrected chi connectivity index (χ2v) is 11.3. The van der Waals surface area contributed by atoms with Crippen LogP contribution >= 0.6 is 23.2 Å². The zero-order valence-corrected chi connectivity index (χ0v) is 22.7. The van der Waals surface area contributed by atoms with Crippen molar-refractivity contribution in [1.82, 2.24) is 34.7 Å². The maximum Gasteiger partial charge on any atom is 0.252 e. The molecule has 0 radical (unpaired) electrons. The first-order chi connectivity index (χ1) is 19.9. The summed E-state index contributed by atoms with van der Waals surface area (Å²) in [5.41, 5.74) is 6.34. The predicted molar refractivity (Wildman–Crippen MR) is 155 cm³/mol. The summed E-state index contributed by atoms with van der Waals surface area (Å²) >= 11 is 13.0. The molecular weight excluding hydrogens is 563 g/mol. The Balaban J connectivity index is 1.19. The van der Waals surface area contributed by atoms with Crippen LogP contribution in [0, 0.1) is 5.92 Å². The van der Waals surface area contributed by atoms with E-state index < -0.39 is 0 Å². The molecule has 12 heteroatoms. The Morgan fingerprint density at radius 3 is 2.76 bits per heavy atom. The average molecular weight is 583 g/mol. The van der Waals surface area contributed by atoms with Gasteiger partial charge in [0.15, 0.2) is 0 Å². The van der Waals surface area contributed by atoms with Crippen molar-refractivity contribution in [3.8, 4) is 28.1 Å². The Labute approximate surface area is 242 Å². The number of hydrogen-bond donors (Lipinski definition) is 3. The van der Waals surface area contributed by atoms with E-state index in [0.717, 1.165) is 40.2 Å². The molecule has 202 valence electrons. The number of fused-ring (bicyclic) bond motifs is 4. The van der Waals surface area contributed by atoms with Crippen molar-refractivity contribution in [1.29, 1.82) is 0 Å². The summed E-state index contributed by atoms with van der Waals surface area (Å²) in [6, 6.07) is 14.4. The van der Waals surface area contributed by atoms with Gasteiger partial charge >= 0.3 is 0 Å². The zero-order chi connectivity index (χ0) is 28.0. The smallest absolute Gasteiger partial charge is 0.252 e. The van der Waals surface area contributed by atoms with Gasteiger partial charge in [-0.25, -0.2) is 4.98 Å². The molecule has 1 fully saturated rings. The number of halogens is 2. The number of hydrogen-bond acceptors (Lipinski definition) is 7. The van der Waals surface area contributed by atoms with Crippen molar-refractivity contribution in [3.05, 3.63) is 111 Å². The Bertz CT molecular complexity index is 2010. The Hall–Kier alpha value is -4.67. The number of aliphatic hydroxyl groups excluding tert-OH is 1. The molecule has 1 saturated carbocycles. The van der Waals surface area contributed by atoms with Gasteiger partial charge in [0.2, 0.25) is 0 Å². The van der Waals surface area contributed by atoms with Crippen LogP contribution in [-0.2, 0) is 0 Å². The minimum absolute atomic E-state index is 0.119. The topological polar surface area (TPSA) is 127 Å². The van der Waals surface area contributed by atoms with E-state index in [1.54, 1.807) is 22.9 Å². The molecule has 41 heavy (non-hydrogen) atoms. The van der Waals surface area contributed by atoms with Crippen molar-refractivity contribution < 1.29 is 5.11 Å². The molecule has 1 aliphatic carbocycles. The molecule has 0 spiro atoms. The molecule has 3 aromatic heterocycles. The van der Waals surface area contributed by atoms with Gasteiger partial charge in [-0.2, -0.15) is 4.68 Å². The van der Waals surface area contributed by atoms with Gasteiger partial charge in [-0.3, -0.25) is 4.79 Å². The van der Waals surface area contributed by atoms with Gasteiger partial charge in [0, 0.05) is 56.9 Å². The van der Waals surface area contributed by atoms with Crippen LogP contribution in [0.4, 0.5) is 5.69 Å². The predicted octanol–water partition coefficient (Wildman–Crippen LogP) is 5.73. The lowest BCUT2D eigenvalue weighted by Gasteiger charge is -2.18. The number of imidazole rings is 1. The van der Waals surface area contributed by atoms with E-state index in [4.69, 9.17) is 28.2 Å². The van der Waals surface area contributed by atoms with Crippen LogP contribution in [0.2, 0.25) is 10.2 Å². The molecule has 3 N–H and O–H groups in total. The van der Waals surface area contributed by atoms with Crippen molar-refractivity contribution in [2.45, 2.75) is 18.4 Å². The number of pyridine rings is 1.